The predicted octanol–water partition coefficient (Wildman–Crippen LogP) is -1.06. The molecule has 1 aliphatic heterocycles. The van der Waals surface area contributed by atoms with E-state index in [4.69, 9.17) is 0 Å². The molecular weight excluding hydrogens is 258 g/mol. The Morgan fingerprint density at radius 2 is 2.35 bits per heavy atom. The Morgan fingerprint density at radius 3 is 3.05 bits per heavy atom. The van der Waals surface area contributed by atoms with Gasteiger partial charge in [0, 0.05) is 32.7 Å². The largest absolute Gasteiger partial charge is 0.370 e. The molecule has 0 spiro atoms. The van der Waals surface area contributed by atoms with Gasteiger partial charge >= 0.3 is 0 Å². The molecule has 1 atom stereocenters. The molecule has 1 aromatic heterocycles. The first-order valence-corrected chi connectivity index (χ1v) is 6.79. The van der Waals surface area contributed by atoms with E-state index in [1.807, 2.05) is 0 Å². The van der Waals surface area contributed by atoms with Crippen LogP contribution in [-0.4, -0.2) is 48.9 Å². The number of aromatic nitrogens is 2. The second-order valence-corrected chi connectivity index (χ2v) is 5.11. The second-order valence-electron chi connectivity index (χ2n) is 5.11. The third-order valence-electron chi connectivity index (χ3n) is 3.53. The van der Waals surface area contributed by atoms with Crippen LogP contribution in [0.5, 0.6) is 0 Å². The van der Waals surface area contributed by atoms with E-state index < -0.39 is 0 Å². The molecule has 7 nitrogen and oxygen atoms in total. The number of nitrogens with zero attached hydrogens (tertiary/aromatic N) is 3. The Hall–Kier alpha value is -1.89. The van der Waals surface area contributed by atoms with Gasteiger partial charge in [-0.25, -0.2) is 4.68 Å². The fraction of sp³-hybridized carbons (Fsp3) is 0.615. The van der Waals surface area contributed by atoms with E-state index in [1.54, 1.807) is 26.4 Å². The van der Waals surface area contributed by atoms with Crippen molar-refractivity contribution >= 4 is 11.6 Å². The molecule has 20 heavy (non-hydrogen) atoms. The first-order valence-electron chi connectivity index (χ1n) is 6.79. The lowest BCUT2D eigenvalue weighted by Crippen LogP contribution is -2.36. The summed E-state index contributed by atoms with van der Waals surface area (Å²) in [5, 5.41) is 9.76. The molecule has 7 heteroatoms. The fourth-order valence-corrected chi connectivity index (χ4v) is 2.35. The molecular formula is C13H21N5O2. The number of amides is 1. The van der Waals surface area contributed by atoms with Gasteiger partial charge in [-0.3, -0.25) is 9.59 Å². The van der Waals surface area contributed by atoms with Gasteiger partial charge in [0.15, 0.2) is 0 Å². The third-order valence-corrected chi connectivity index (χ3v) is 3.53. The van der Waals surface area contributed by atoms with Crippen molar-refractivity contribution in [3.8, 4) is 0 Å². The molecule has 110 valence electrons. The molecule has 1 amide bonds. The number of hydrogen-bond donors (Lipinski definition) is 2. The fourth-order valence-electron chi connectivity index (χ4n) is 2.35. The monoisotopic (exact) mass is 279 g/mol. The van der Waals surface area contributed by atoms with Gasteiger partial charge in [-0.05, 0) is 19.4 Å². The highest BCUT2D eigenvalue weighted by molar-refractivity contribution is 5.77. The van der Waals surface area contributed by atoms with Gasteiger partial charge in [0.25, 0.3) is 5.56 Å². The third kappa shape index (κ3) is 3.57. The van der Waals surface area contributed by atoms with Gasteiger partial charge in [0.05, 0.1) is 18.4 Å². The summed E-state index contributed by atoms with van der Waals surface area (Å²) in [7, 11) is 3.38. The Balaban J connectivity index is 1.87. The van der Waals surface area contributed by atoms with Crippen molar-refractivity contribution in [2.45, 2.75) is 6.42 Å². The lowest BCUT2D eigenvalue weighted by molar-refractivity contribution is -0.120. The Labute approximate surface area is 118 Å². The number of anilines is 1. The Kier molecular flexibility index (Phi) is 4.73. The van der Waals surface area contributed by atoms with E-state index >= 15 is 0 Å². The molecule has 0 bridgehead atoms. The molecule has 1 fully saturated rings. The highest BCUT2D eigenvalue weighted by Crippen LogP contribution is 2.21. The SMILES string of the molecule is CNCC(=O)NCC1CCN(c2cnn(C)c(=O)c2)C1. The van der Waals surface area contributed by atoms with E-state index in [1.165, 1.54) is 4.68 Å². The van der Waals surface area contributed by atoms with Crippen molar-refractivity contribution in [3.63, 3.8) is 0 Å². The van der Waals surface area contributed by atoms with Crippen LogP contribution in [0, 0.1) is 5.92 Å². The zero-order chi connectivity index (χ0) is 14.5. The van der Waals surface area contributed by atoms with Crippen LogP contribution in [0.4, 0.5) is 5.69 Å². The molecule has 2 N–H and O–H groups in total. The van der Waals surface area contributed by atoms with Crippen LogP contribution in [0.2, 0.25) is 0 Å². The van der Waals surface area contributed by atoms with Crippen molar-refractivity contribution < 1.29 is 4.79 Å². The highest BCUT2D eigenvalue weighted by atomic mass is 16.2. The van der Waals surface area contributed by atoms with Crippen molar-refractivity contribution in [1.82, 2.24) is 20.4 Å². The molecule has 1 aliphatic rings. The van der Waals surface area contributed by atoms with E-state index in [2.05, 4.69) is 20.6 Å². The van der Waals surface area contributed by atoms with Crippen LogP contribution in [-0.2, 0) is 11.8 Å². The average molecular weight is 279 g/mol. The van der Waals surface area contributed by atoms with E-state index in [-0.39, 0.29) is 11.5 Å². The second kappa shape index (κ2) is 6.51. The summed E-state index contributed by atoms with van der Waals surface area (Å²) in [5.41, 5.74) is 0.755. The predicted molar refractivity (Wildman–Crippen MR) is 76.7 cm³/mol. The molecule has 0 radical (unpaired) electrons. The average Bonchev–Trinajstić information content (AvgIpc) is 2.89. The summed E-state index contributed by atoms with van der Waals surface area (Å²) in [5.74, 6) is 0.432. The molecule has 0 saturated carbocycles. The summed E-state index contributed by atoms with van der Waals surface area (Å²) in [6.07, 6.45) is 2.72. The summed E-state index contributed by atoms with van der Waals surface area (Å²) < 4.78 is 1.31. The minimum atomic E-state index is -0.103. The Morgan fingerprint density at radius 1 is 1.55 bits per heavy atom. The number of rotatable bonds is 5. The number of nitrogens with one attached hydrogen (secondary N) is 2. The van der Waals surface area contributed by atoms with Gasteiger partial charge < -0.3 is 15.5 Å². The van der Waals surface area contributed by atoms with Crippen molar-refractivity contribution in [2.75, 3.05) is 38.1 Å². The van der Waals surface area contributed by atoms with Crippen LogP contribution in [0.1, 0.15) is 6.42 Å². The van der Waals surface area contributed by atoms with E-state index in [9.17, 15) is 9.59 Å². The van der Waals surface area contributed by atoms with Crippen molar-refractivity contribution in [3.05, 3.63) is 22.6 Å². The van der Waals surface area contributed by atoms with Crippen LogP contribution in [0.3, 0.4) is 0 Å². The lowest BCUT2D eigenvalue weighted by atomic mass is 10.1. The summed E-state index contributed by atoms with van der Waals surface area (Å²) in [6, 6.07) is 1.61. The quantitative estimate of drug-likeness (QED) is 0.718. The van der Waals surface area contributed by atoms with Gasteiger partial charge in [-0.1, -0.05) is 0 Å². The molecule has 2 rings (SSSR count). The Bertz CT molecular complexity index is 528. The van der Waals surface area contributed by atoms with Gasteiger partial charge in [-0.2, -0.15) is 5.10 Å². The smallest absolute Gasteiger partial charge is 0.268 e. The van der Waals surface area contributed by atoms with Crippen LogP contribution in [0.15, 0.2) is 17.1 Å². The van der Waals surface area contributed by atoms with Gasteiger partial charge in [-0.15, -0.1) is 0 Å². The summed E-state index contributed by atoms with van der Waals surface area (Å²) in [4.78, 5) is 25.1. The highest BCUT2D eigenvalue weighted by Gasteiger charge is 2.23. The van der Waals surface area contributed by atoms with Crippen LogP contribution < -0.4 is 21.1 Å². The maximum absolute atomic E-state index is 11.6. The topological polar surface area (TPSA) is 79.3 Å². The molecule has 1 unspecified atom stereocenters. The van der Waals surface area contributed by atoms with Crippen LogP contribution in [0.25, 0.3) is 0 Å². The number of aryl methyl sites for hydroxylation is 1. The molecule has 0 aliphatic carbocycles. The van der Waals surface area contributed by atoms with Crippen LogP contribution >= 0.6 is 0 Å². The van der Waals surface area contributed by atoms with Crippen molar-refractivity contribution in [1.29, 1.82) is 0 Å². The zero-order valence-electron chi connectivity index (χ0n) is 11.9. The minimum Gasteiger partial charge on any atom is -0.370 e. The number of hydrogen-bond acceptors (Lipinski definition) is 5. The molecule has 0 aromatic carbocycles. The van der Waals surface area contributed by atoms with E-state index in [0.717, 1.165) is 25.2 Å². The van der Waals surface area contributed by atoms with Crippen molar-refractivity contribution in [2.24, 2.45) is 13.0 Å². The van der Waals surface area contributed by atoms with Gasteiger partial charge in [0.1, 0.15) is 0 Å². The first kappa shape index (κ1) is 14.5. The molecule has 2 heterocycles. The maximum Gasteiger partial charge on any atom is 0.268 e. The molecule has 1 aromatic rings. The zero-order valence-corrected chi connectivity index (χ0v) is 11.9. The normalized spacial score (nSPS) is 18.3. The summed E-state index contributed by atoms with van der Waals surface area (Å²) in [6.45, 7) is 2.75. The van der Waals surface area contributed by atoms with Gasteiger partial charge in [0.2, 0.25) is 5.91 Å². The lowest BCUT2D eigenvalue weighted by Gasteiger charge is -2.18. The standard InChI is InChI=1S/C13H21N5O2/c1-14-8-12(19)15-6-10-3-4-18(9-10)11-5-13(20)17(2)16-7-11/h5,7,10,14H,3-4,6,8-9H2,1-2H3,(H,15,19). The first-order chi connectivity index (χ1) is 9.60. The minimum absolute atomic E-state index is 0.0150. The summed E-state index contributed by atoms with van der Waals surface area (Å²) >= 11 is 0. The number of carbonyl (C=O) groups excluding carboxylic acids is 1. The van der Waals surface area contributed by atoms with E-state index in [0.29, 0.717) is 19.0 Å². The number of likely N-dealkylation sites (N-methyl/N-ethyl adjacent to an activating group) is 1. The number of carbonyl (C=O) groups is 1. The maximum atomic E-state index is 11.6. The molecule has 1 saturated heterocycles.